The molecule has 2 aliphatic heterocycles. The van der Waals surface area contributed by atoms with Crippen molar-refractivity contribution in [1.82, 2.24) is 5.32 Å². The summed E-state index contributed by atoms with van der Waals surface area (Å²) in [4.78, 5) is 26.3. The maximum Gasteiger partial charge on any atom is 0.418 e. The van der Waals surface area contributed by atoms with E-state index in [2.05, 4.69) is 5.32 Å². The van der Waals surface area contributed by atoms with E-state index in [1.54, 1.807) is 25.7 Å². The zero-order valence-electron chi connectivity index (χ0n) is 20.9. The lowest BCUT2D eigenvalue weighted by atomic mass is 9.92. The third kappa shape index (κ3) is 8.40. The average molecular weight is 499 g/mol. The fourth-order valence-electron chi connectivity index (χ4n) is 4.67. The largest absolute Gasteiger partial charge is 0.456 e. The van der Waals surface area contributed by atoms with Gasteiger partial charge >= 0.3 is 12.1 Å². The molecule has 1 amide bonds. The number of amides is 1. The van der Waals surface area contributed by atoms with Crippen LogP contribution in [-0.4, -0.2) is 50.3 Å². The van der Waals surface area contributed by atoms with Crippen LogP contribution in [0.5, 0.6) is 0 Å². The molecule has 196 valence electrons. The van der Waals surface area contributed by atoms with Crippen molar-refractivity contribution in [2.24, 2.45) is 11.8 Å². The highest BCUT2D eigenvalue weighted by Gasteiger charge is 2.37. The van der Waals surface area contributed by atoms with Crippen LogP contribution in [0.4, 0.5) is 18.9 Å². The Balaban J connectivity index is 1.54. The summed E-state index contributed by atoms with van der Waals surface area (Å²) in [5.74, 6) is -0.0363. The number of ether oxygens (including phenoxy) is 2. The Morgan fingerprint density at radius 3 is 2.31 bits per heavy atom. The van der Waals surface area contributed by atoms with Crippen LogP contribution in [0, 0.1) is 11.8 Å². The van der Waals surface area contributed by atoms with Crippen molar-refractivity contribution in [1.29, 1.82) is 0 Å². The second-order valence-electron chi connectivity index (χ2n) is 10.6. The van der Waals surface area contributed by atoms with Gasteiger partial charge in [0.25, 0.3) is 0 Å². The third-order valence-corrected chi connectivity index (χ3v) is 6.58. The molecular weight excluding hydrogens is 461 g/mol. The number of nitrogens with zero attached hydrogens (tertiary/aromatic N) is 1. The summed E-state index contributed by atoms with van der Waals surface area (Å²) in [6.07, 6.45) is 0.0872. The van der Waals surface area contributed by atoms with E-state index in [0.29, 0.717) is 44.8 Å². The van der Waals surface area contributed by atoms with Crippen molar-refractivity contribution in [3.05, 3.63) is 29.3 Å². The summed E-state index contributed by atoms with van der Waals surface area (Å²) in [5.41, 5.74) is -1.70. The fraction of sp³-hybridized carbons (Fsp3) is 0.692. The maximum atomic E-state index is 13.8. The molecule has 0 unspecified atom stereocenters. The van der Waals surface area contributed by atoms with Crippen LogP contribution in [0.15, 0.2) is 18.2 Å². The lowest BCUT2D eigenvalue weighted by molar-refractivity contribution is -0.137. The number of benzene rings is 1. The average Bonchev–Trinajstić information content (AvgIpc) is 2.78. The van der Waals surface area contributed by atoms with Crippen molar-refractivity contribution < 1.29 is 32.2 Å². The van der Waals surface area contributed by atoms with E-state index in [1.807, 2.05) is 0 Å². The summed E-state index contributed by atoms with van der Waals surface area (Å²) < 4.78 is 52.1. The number of alkyl halides is 3. The molecule has 2 aliphatic rings. The lowest BCUT2D eigenvalue weighted by Gasteiger charge is -2.35. The molecule has 0 spiro atoms. The number of hydrogen-bond donors (Lipinski definition) is 1. The van der Waals surface area contributed by atoms with Gasteiger partial charge in [0.1, 0.15) is 5.60 Å². The summed E-state index contributed by atoms with van der Waals surface area (Å²) in [5, 5.41) is 3.00. The molecule has 2 fully saturated rings. The normalized spacial score (nSPS) is 18.4. The van der Waals surface area contributed by atoms with E-state index in [1.165, 1.54) is 12.1 Å². The van der Waals surface area contributed by atoms with Gasteiger partial charge in [-0.2, -0.15) is 13.2 Å². The molecule has 1 aromatic carbocycles. The SMILES string of the molecule is CC(C)(C)OC(=O)c1ccc(N2CCC(CC(=O)NCCC3CCOCC3)CC2)c(C(F)(F)F)c1. The Hall–Kier alpha value is -2.29. The van der Waals surface area contributed by atoms with Crippen molar-refractivity contribution in [2.45, 2.75) is 71.1 Å². The predicted octanol–water partition coefficient (Wildman–Crippen LogP) is 5.20. The predicted molar refractivity (Wildman–Crippen MR) is 127 cm³/mol. The van der Waals surface area contributed by atoms with Crippen LogP contribution in [0.1, 0.15) is 75.2 Å². The van der Waals surface area contributed by atoms with E-state index in [0.717, 1.165) is 38.5 Å². The van der Waals surface area contributed by atoms with E-state index in [9.17, 15) is 22.8 Å². The first-order valence-corrected chi connectivity index (χ1v) is 12.5. The molecule has 0 atom stereocenters. The fourth-order valence-corrected chi connectivity index (χ4v) is 4.67. The monoisotopic (exact) mass is 498 g/mol. The first kappa shape index (κ1) is 27.3. The van der Waals surface area contributed by atoms with Gasteiger partial charge in [-0.1, -0.05) is 0 Å². The molecule has 0 aromatic heterocycles. The highest BCUT2D eigenvalue weighted by atomic mass is 19.4. The minimum Gasteiger partial charge on any atom is -0.456 e. The number of rotatable bonds is 7. The maximum absolute atomic E-state index is 13.8. The molecule has 0 bridgehead atoms. The molecule has 0 radical (unpaired) electrons. The Labute approximate surface area is 205 Å². The molecule has 9 heteroatoms. The van der Waals surface area contributed by atoms with Gasteiger partial charge in [-0.3, -0.25) is 4.79 Å². The molecule has 0 aliphatic carbocycles. The van der Waals surface area contributed by atoms with E-state index >= 15 is 0 Å². The second kappa shape index (κ2) is 11.6. The molecule has 1 N–H and O–H groups in total. The second-order valence-corrected chi connectivity index (χ2v) is 10.6. The molecule has 3 rings (SSSR count). The first-order chi connectivity index (χ1) is 16.4. The first-order valence-electron chi connectivity index (χ1n) is 12.5. The summed E-state index contributed by atoms with van der Waals surface area (Å²) in [7, 11) is 0. The number of halogens is 3. The van der Waals surface area contributed by atoms with Crippen molar-refractivity contribution in [3.8, 4) is 0 Å². The van der Waals surface area contributed by atoms with Crippen LogP contribution in [-0.2, 0) is 20.4 Å². The summed E-state index contributed by atoms with van der Waals surface area (Å²) >= 11 is 0. The molecule has 35 heavy (non-hydrogen) atoms. The van der Waals surface area contributed by atoms with Crippen molar-refractivity contribution in [2.75, 3.05) is 37.7 Å². The van der Waals surface area contributed by atoms with Crippen LogP contribution < -0.4 is 10.2 Å². The van der Waals surface area contributed by atoms with Gasteiger partial charge in [-0.05, 0) is 82.9 Å². The van der Waals surface area contributed by atoms with Crippen molar-refractivity contribution >= 4 is 17.6 Å². The zero-order chi connectivity index (χ0) is 25.6. The number of carbonyl (C=O) groups is 2. The van der Waals surface area contributed by atoms with E-state index < -0.39 is 23.3 Å². The van der Waals surface area contributed by atoms with Gasteiger partial charge in [-0.15, -0.1) is 0 Å². The Bertz CT molecular complexity index is 868. The van der Waals surface area contributed by atoms with Gasteiger partial charge in [0, 0.05) is 45.0 Å². The number of esters is 1. The number of piperidine rings is 1. The number of carbonyl (C=O) groups excluding carboxylic acids is 2. The Morgan fingerprint density at radius 1 is 1.06 bits per heavy atom. The van der Waals surface area contributed by atoms with E-state index in [4.69, 9.17) is 9.47 Å². The topological polar surface area (TPSA) is 67.9 Å². The quantitative estimate of drug-likeness (QED) is 0.524. The van der Waals surface area contributed by atoms with Crippen LogP contribution in [0.3, 0.4) is 0 Å². The molecular formula is C26H37F3N2O4. The molecule has 2 saturated heterocycles. The van der Waals surface area contributed by atoms with Crippen molar-refractivity contribution in [3.63, 3.8) is 0 Å². The third-order valence-electron chi connectivity index (χ3n) is 6.58. The van der Waals surface area contributed by atoms with Gasteiger partial charge < -0.3 is 19.7 Å². The van der Waals surface area contributed by atoms with Crippen LogP contribution in [0.25, 0.3) is 0 Å². The summed E-state index contributed by atoms with van der Waals surface area (Å²) in [6, 6.07) is 3.61. The minimum atomic E-state index is -4.60. The molecule has 2 heterocycles. The van der Waals surface area contributed by atoms with Gasteiger partial charge in [-0.25, -0.2) is 4.79 Å². The smallest absolute Gasteiger partial charge is 0.418 e. The highest BCUT2D eigenvalue weighted by molar-refractivity contribution is 5.90. The molecule has 6 nitrogen and oxygen atoms in total. The zero-order valence-corrected chi connectivity index (χ0v) is 20.9. The lowest BCUT2D eigenvalue weighted by Crippen LogP contribution is -2.37. The number of anilines is 1. The number of nitrogens with one attached hydrogen (secondary N) is 1. The van der Waals surface area contributed by atoms with Gasteiger partial charge in [0.05, 0.1) is 11.1 Å². The standard InChI is InChI=1S/C26H37F3N2O4/c1-25(2,3)35-24(33)20-4-5-22(21(17-20)26(27,28)29)31-12-7-19(8-13-31)16-23(32)30-11-6-18-9-14-34-15-10-18/h4-5,17-19H,6-16H2,1-3H3,(H,30,32). The molecule has 0 saturated carbocycles. The van der Waals surface area contributed by atoms with Crippen LogP contribution >= 0.6 is 0 Å². The Kier molecular flexibility index (Phi) is 9.07. The van der Waals surface area contributed by atoms with Gasteiger partial charge in [0.15, 0.2) is 0 Å². The molecule has 1 aromatic rings. The highest BCUT2D eigenvalue weighted by Crippen LogP contribution is 2.39. The van der Waals surface area contributed by atoms with Crippen LogP contribution in [0.2, 0.25) is 0 Å². The van der Waals surface area contributed by atoms with Gasteiger partial charge in [0.2, 0.25) is 5.91 Å². The number of hydrogen-bond acceptors (Lipinski definition) is 5. The minimum absolute atomic E-state index is 0.00760. The van der Waals surface area contributed by atoms with E-state index in [-0.39, 0.29) is 23.1 Å². The summed E-state index contributed by atoms with van der Waals surface area (Å²) in [6.45, 7) is 8.08. The Morgan fingerprint density at radius 2 is 1.71 bits per heavy atom.